The average Bonchev–Trinajstić information content (AvgIpc) is 3.44. The molecule has 1 aliphatic heterocycles. The minimum absolute atomic E-state index is 0.0446. The molecule has 150 valence electrons. The number of hydrogen-bond acceptors (Lipinski definition) is 4. The number of nitrogens with zero attached hydrogens (tertiary/aromatic N) is 5. The summed E-state index contributed by atoms with van der Waals surface area (Å²) in [6.07, 6.45) is 4.04. The van der Waals surface area contributed by atoms with Crippen molar-refractivity contribution in [2.45, 2.75) is 13.0 Å². The number of benzene rings is 2. The second-order valence-electron chi connectivity index (χ2n) is 7.60. The van der Waals surface area contributed by atoms with Crippen LogP contribution in [0.3, 0.4) is 0 Å². The summed E-state index contributed by atoms with van der Waals surface area (Å²) >= 11 is 0. The van der Waals surface area contributed by atoms with Crippen LogP contribution in [0, 0.1) is 5.92 Å². The summed E-state index contributed by atoms with van der Waals surface area (Å²) in [6, 6.07) is 19.0. The molecule has 1 atom stereocenters. The monoisotopic (exact) mass is 399 g/mol. The fourth-order valence-corrected chi connectivity index (χ4v) is 4.04. The molecule has 2 aromatic carbocycles. The predicted molar refractivity (Wildman–Crippen MR) is 114 cm³/mol. The number of fused-ring (bicyclic) bond motifs is 1. The van der Waals surface area contributed by atoms with Crippen molar-refractivity contribution in [3.8, 4) is 5.69 Å². The lowest BCUT2D eigenvalue weighted by Crippen LogP contribution is -2.30. The Balaban J connectivity index is 1.35. The first-order chi connectivity index (χ1) is 14.7. The van der Waals surface area contributed by atoms with E-state index < -0.39 is 0 Å². The Morgan fingerprint density at radius 2 is 1.77 bits per heavy atom. The van der Waals surface area contributed by atoms with Gasteiger partial charge in [0.15, 0.2) is 5.65 Å². The van der Waals surface area contributed by atoms with E-state index in [1.54, 1.807) is 21.8 Å². The third-order valence-corrected chi connectivity index (χ3v) is 5.60. The summed E-state index contributed by atoms with van der Waals surface area (Å²) in [7, 11) is 0. The third-order valence-electron chi connectivity index (χ3n) is 5.60. The highest BCUT2D eigenvalue weighted by molar-refractivity contribution is 5.94. The predicted octanol–water partition coefficient (Wildman–Crippen LogP) is 2.74. The summed E-state index contributed by atoms with van der Waals surface area (Å²) in [5.74, 6) is 0.266. The summed E-state index contributed by atoms with van der Waals surface area (Å²) in [4.78, 5) is 32.0. The Bertz CT molecular complexity index is 1250. The van der Waals surface area contributed by atoms with Crippen molar-refractivity contribution in [2.24, 2.45) is 5.92 Å². The van der Waals surface area contributed by atoms with Crippen molar-refractivity contribution < 1.29 is 4.79 Å². The van der Waals surface area contributed by atoms with Crippen molar-refractivity contribution in [1.29, 1.82) is 0 Å². The Kier molecular flexibility index (Phi) is 4.63. The Hall–Kier alpha value is -3.74. The van der Waals surface area contributed by atoms with Crippen LogP contribution in [0.2, 0.25) is 0 Å². The van der Waals surface area contributed by atoms with E-state index in [9.17, 15) is 9.59 Å². The van der Waals surface area contributed by atoms with Gasteiger partial charge in [0.25, 0.3) is 11.5 Å². The van der Waals surface area contributed by atoms with Gasteiger partial charge in [0.05, 0.1) is 18.2 Å². The highest BCUT2D eigenvalue weighted by Gasteiger charge is 2.27. The van der Waals surface area contributed by atoms with Crippen LogP contribution in [0.25, 0.3) is 16.7 Å². The Morgan fingerprint density at radius 1 is 1.03 bits per heavy atom. The zero-order valence-electron chi connectivity index (χ0n) is 16.4. The molecule has 5 rings (SSSR count). The Labute approximate surface area is 173 Å². The number of rotatable bonds is 4. The van der Waals surface area contributed by atoms with Gasteiger partial charge in [-0.3, -0.25) is 14.2 Å². The van der Waals surface area contributed by atoms with E-state index in [-0.39, 0.29) is 17.4 Å². The molecule has 0 spiro atoms. The largest absolute Gasteiger partial charge is 0.338 e. The van der Waals surface area contributed by atoms with Gasteiger partial charge in [-0.1, -0.05) is 36.4 Å². The lowest BCUT2D eigenvalue weighted by Gasteiger charge is -2.17. The van der Waals surface area contributed by atoms with Gasteiger partial charge in [-0.25, -0.2) is 9.67 Å². The molecule has 1 aliphatic rings. The molecule has 2 aromatic heterocycles. The molecule has 7 nitrogen and oxygen atoms in total. The van der Waals surface area contributed by atoms with E-state index in [2.05, 4.69) is 10.1 Å². The second-order valence-corrected chi connectivity index (χ2v) is 7.60. The number of likely N-dealkylation sites (tertiary alicyclic amines) is 1. The van der Waals surface area contributed by atoms with Crippen LogP contribution in [0.1, 0.15) is 16.8 Å². The quantitative estimate of drug-likeness (QED) is 0.529. The molecular weight excluding hydrogens is 378 g/mol. The van der Waals surface area contributed by atoms with Gasteiger partial charge < -0.3 is 4.90 Å². The molecule has 0 saturated carbocycles. The van der Waals surface area contributed by atoms with Crippen molar-refractivity contribution in [3.05, 3.63) is 89.1 Å². The van der Waals surface area contributed by atoms with Crippen molar-refractivity contribution in [1.82, 2.24) is 24.2 Å². The summed E-state index contributed by atoms with van der Waals surface area (Å²) in [5.41, 5.74) is 2.01. The lowest BCUT2D eigenvalue weighted by molar-refractivity contribution is 0.0786. The van der Waals surface area contributed by atoms with Gasteiger partial charge >= 0.3 is 0 Å². The molecule has 1 fully saturated rings. The third kappa shape index (κ3) is 3.28. The molecule has 0 bridgehead atoms. The minimum atomic E-state index is -0.102. The fraction of sp³-hybridized carbons (Fsp3) is 0.217. The van der Waals surface area contributed by atoms with Gasteiger partial charge in [0.1, 0.15) is 5.39 Å². The summed E-state index contributed by atoms with van der Waals surface area (Å²) in [5, 5.41) is 4.85. The van der Waals surface area contributed by atoms with Crippen molar-refractivity contribution in [2.75, 3.05) is 13.1 Å². The maximum absolute atomic E-state index is 13.0. The first-order valence-corrected chi connectivity index (χ1v) is 10.0. The number of para-hydroxylation sites is 1. The van der Waals surface area contributed by atoms with E-state index in [0.29, 0.717) is 36.2 Å². The minimum Gasteiger partial charge on any atom is -0.338 e. The standard InChI is InChI=1S/C23H21N5O2/c29-22(18-7-3-1-4-8-18)26-12-11-17(14-26)15-27-16-24-21-20(23(27)30)13-25-28(21)19-9-5-2-6-10-19/h1-10,13,16-17H,11-12,14-15H2. The molecule has 1 saturated heterocycles. The smallest absolute Gasteiger partial charge is 0.264 e. The molecule has 0 radical (unpaired) electrons. The number of carbonyl (C=O) groups is 1. The van der Waals surface area contributed by atoms with Crippen LogP contribution in [0.15, 0.2) is 78.0 Å². The summed E-state index contributed by atoms with van der Waals surface area (Å²) in [6.45, 7) is 1.88. The zero-order chi connectivity index (χ0) is 20.5. The highest BCUT2D eigenvalue weighted by Crippen LogP contribution is 2.20. The van der Waals surface area contributed by atoms with Crippen LogP contribution in [0.5, 0.6) is 0 Å². The molecule has 0 N–H and O–H groups in total. The van der Waals surface area contributed by atoms with E-state index in [0.717, 1.165) is 12.1 Å². The number of carbonyl (C=O) groups excluding carboxylic acids is 1. The molecule has 1 unspecified atom stereocenters. The van der Waals surface area contributed by atoms with Crippen molar-refractivity contribution >= 4 is 16.9 Å². The number of aromatic nitrogens is 4. The highest BCUT2D eigenvalue weighted by atomic mass is 16.2. The van der Waals surface area contributed by atoms with Gasteiger partial charge in [0.2, 0.25) is 0 Å². The van der Waals surface area contributed by atoms with Gasteiger partial charge in [-0.15, -0.1) is 0 Å². The van der Waals surface area contributed by atoms with Crippen LogP contribution in [0.4, 0.5) is 0 Å². The molecule has 30 heavy (non-hydrogen) atoms. The number of amides is 1. The molecule has 3 heterocycles. The fourth-order valence-electron chi connectivity index (χ4n) is 4.04. The van der Waals surface area contributed by atoms with E-state index in [1.807, 2.05) is 65.6 Å². The molecule has 7 heteroatoms. The molecule has 0 aliphatic carbocycles. The summed E-state index contributed by atoms with van der Waals surface area (Å²) < 4.78 is 3.32. The normalized spacial score (nSPS) is 16.3. The van der Waals surface area contributed by atoms with Crippen LogP contribution >= 0.6 is 0 Å². The van der Waals surface area contributed by atoms with Crippen LogP contribution < -0.4 is 5.56 Å². The topological polar surface area (TPSA) is 73.0 Å². The van der Waals surface area contributed by atoms with Crippen LogP contribution in [-0.2, 0) is 6.54 Å². The SMILES string of the molecule is O=C(c1ccccc1)N1CCC(Cn2cnc3c(cnn3-c3ccccc3)c2=O)C1. The second kappa shape index (κ2) is 7.59. The zero-order valence-corrected chi connectivity index (χ0v) is 16.4. The maximum Gasteiger partial charge on any atom is 0.264 e. The molecule has 1 amide bonds. The molecular formula is C23H21N5O2. The first kappa shape index (κ1) is 18.3. The number of hydrogen-bond donors (Lipinski definition) is 0. The first-order valence-electron chi connectivity index (χ1n) is 10.0. The Morgan fingerprint density at radius 3 is 2.53 bits per heavy atom. The maximum atomic E-state index is 13.0. The lowest BCUT2D eigenvalue weighted by atomic mass is 10.1. The van der Waals surface area contributed by atoms with E-state index in [4.69, 9.17) is 0 Å². The van der Waals surface area contributed by atoms with Gasteiger partial charge in [-0.2, -0.15) is 5.10 Å². The molecule has 4 aromatic rings. The van der Waals surface area contributed by atoms with E-state index in [1.165, 1.54) is 0 Å². The van der Waals surface area contributed by atoms with Gasteiger partial charge in [-0.05, 0) is 36.6 Å². The van der Waals surface area contributed by atoms with Crippen LogP contribution in [-0.4, -0.2) is 43.2 Å². The van der Waals surface area contributed by atoms with Gasteiger partial charge in [0, 0.05) is 25.2 Å². The average molecular weight is 399 g/mol. The van der Waals surface area contributed by atoms with Crippen molar-refractivity contribution in [3.63, 3.8) is 0 Å². The van der Waals surface area contributed by atoms with E-state index >= 15 is 0 Å².